The van der Waals surface area contributed by atoms with E-state index in [1.807, 2.05) is 7.05 Å². The number of sulfone groups is 1. The average molecular weight is 266 g/mol. The molecule has 1 N–H and O–H groups in total. The monoisotopic (exact) mass is 266 g/mol. The van der Waals surface area contributed by atoms with Gasteiger partial charge in [0.25, 0.3) is 0 Å². The molecule has 0 heterocycles. The second kappa shape index (κ2) is 8.85. The molecule has 0 saturated heterocycles. The van der Waals surface area contributed by atoms with Crippen molar-refractivity contribution < 1.29 is 13.2 Å². The minimum atomic E-state index is -2.86. The maximum Gasteiger partial charge on any atom is 0.148 e. The Balaban J connectivity index is 3.64. The van der Waals surface area contributed by atoms with Gasteiger partial charge in [-0.05, 0) is 26.9 Å². The molecule has 0 aromatic heterocycles. The highest BCUT2D eigenvalue weighted by atomic mass is 32.2. The van der Waals surface area contributed by atoms with Gasteiger partial charge >= 0.3 is 0 Å². The molecule has 0 saturated carbocycles. The largest absolute Gasteiger partial charge is 0.385 e. The fourth-order valence-electron chi connectivity index (χ4n) is 1.34. The molecule has 0 aromatic carbocycles. The summed E-state index contributed by atoms with van der Waals surface area (Å²) in [5.74, 6) is 0.220. The van der Waals surface area contributed by atoms with Gasteiger partial charge in [0, 0.05) is 39.1 Å². The van der Waals surface area contributed by atoms with Crippen LogP contribution in [0.4, 0.5) is 0 Å². The normalized spacial score (nSPS) is 14.2. The zero-order chi connectivity index (χ0) is 13.3. The Morgan fingerprint density at radius 2 is 2.06 bits per heavy atom. The second-order valence-corrected chi connectivity index (χ2v) is 6.77. The molecule has 0 aliphatic carbocycles. The van der Waals surface area contributed by atoms with Gasteiger partial charge < -0.3 is 15.0 Å². The van der Waals surface area contributed by atoms with E-state index < -0.39 is 9.84 Å². The third-order valence-electron chi connectivity index (χ3n) is 2.71. The lowest BCUT2D eigenvalue weighted by Crippen LogP contribution is -2.40. The molecule has 0 fully saturated rings. The molecule has 0 aliphatic rings. The van der Waals surface area contributed by atoms with Crippen molar-refractivity contribution in [2.45, 2.75) is 19.4 Å². The number of methoxy groups -OCH3 is 1. The van der Waals surface area contributed by atoms with Crippen LogP contribution in [0.2, 0.25) is 0 Å². The third kappa shape index (κ3) is 10.7. The summed E-state index contributed by atoms with van der Waals surface area (Å²) in [6.45, 7) is 5.23. The van der Waals surface area contributed by atoms with Gasteiger partial charge in [0.2, 0.25) is 0 Å². The van der Waals surface area contributed by atoms with E-state index in [4.69, 9.17) is 4.74 Å². The van der Waals surface area contributed by atoms with Crippen molar-refractivity contribution in [3.63, 3.8) is 0 Å². The maximum absolute atomic E-state index is 11.0. The highest BCUT2D eigenvalue weighted by Crippen LogP contribution is 1.95. The van der Waals surface area contributed by atoms with E-state index in [2.05, 4.69) is 17.1 Å². The van der Waals surface area contributed by atoms with E-state index in [9.17, 15) is 8.42 Å². The minimum absolute atomic E-state index is 0.220. The summed E-state index contributed by atoms with van der Waals surface area (Å²) in [7, 11) is 0.783. The topological polar surface area (TPSA) is 58.6 Å². The van der Waals surface area contributed by atoms with E-state index in [0.29, 0.717) is 12.6 Å². The van der Waals surface area contributed by atoms with Crippen LogP contribution in [0, 0.1) is 0 Å². The van der Waals surface area contributed by atoms with E-state index >= 15 is 0 Å². The van der Waals surface area contributed by atoms with Crippen LogP contribution in [0.5, 0.6) is 0 Å². The Labute approximate surface area is 105 Å². The summed E-state index contributed by atoms with van der Waals surface area (Å²) in [6.07, 6.45) is 2.27. The average Bonchev–Trinajstić information content (AvgIpc) is 2.24. The Morgan fingerprint density at radius 1 is 1.41 bits per heavy atom. The quantitative estimate of drug-likeness (QED) is 0.563. The molecule has 0 radical (unpaired) electrons. The van der Waals surface area contributed by atoms with Crippen LogP contribution >= 0.6 is 0 Å². The highest BCUT2D eigenvalue weighted by molar-refractivity contribution is 7.90. The summed E-state index contributed by atoms with van der Waals surface area (Å²) < 4.78 is 27.0. The number of nitrogens with one attached hydrogen (secondary N) is 1. The molecule has 0 amide bonds. The fraction of sp³-hybridized carbons (Fsp3) is 1.00. The molecule has 5 nitrogen and oxygen atoms in total. The molecule has 104 valence electrons. The fourth-order valence-corrected chi connectivity index (χ4v) is 1.96. The molecule has 0 bridgehead atoms. The first-order valence-corrected chi connectivity index (χ1v) is 8.00. The molecule has 0 spiro atoms. The first-order chi connectivity index (χ1) is 7.87. The predicted octanol–water partition coefficient (Wildman–Crippen LogP) is -0.0226. The highest BCUT2D eigenvalue weighted by Gasteiger charge is 2.11. The van der Waals surface area contributed by atoms with Crippen LogP contribution in [-0.4, -0.2) is 71.8 Å². The molecular weight excluding hydrogens is 240 g/mol. The van der Waals surface area contributed by atoms with Crippen molar-refractivity contribution in [1.29, 1.82) is 0 Å². The summed E-state index contributed by atoms with van der Waals surface area (Å²) in [4.78, 5) is 2.06. The van der Waals surface area contributed by atoms with E-state index in [0.717, 1.165) is 26.1 Å². The lowest BCUT2D eigenvalue weighted by Gasteiger charge is -2.24. The van der Waals surface area contributed by atoms with Gasteiger partial charge in [-0.1, -0.05) is 0 Å². The van der Waals surface area contributed by atoms with Gasteiger partial charge in [0.15, 0.2) is 0 Å². The van der Waals surface area contributed by atoms with Crippen molar-refractivity contribution in [2.24, 2.45) is 0 Å². The molecule has 0 aromatic rings. The lowest BCUT2D eigenvalue weighted by molar-refractivity contribution is 0.192. The van der Waals surface area contributed by atoms with Gasteiger partial charge in [0.1, 0.15) is 9.84 Å². The van der Waals surface area contributed by atoms with Crippen LogP contribution in [-0.2, 0) is 14.6 Å². The minimum Gasteiger partial charge on any atom is -0.385 e. The summed E-state index contributed by atoms with van der Waals surface area (Å²) in [5.41, 5.74) is 0. The zero-order valence-corrected chi connectivity index (χ0v) is 12.2. The molecule has 0 rings (SSSR count). The number of rotatable bonds is 10. The van der Waals surface area contributed by atoms with Crippen molar-refractivity contribution in [1.82, 2.24) is 10.2 Å². The van der Waals surface area contributed by atoms with Crippen molar-refractivity contribution in [3.05, 3.63) is 0 Å². The van der Waals surface area contributed by atoms with Crippen molar-refractivity contribution in [2.75, 3.05) is 52.4 Å². The molecule has 1 unspecified atom stereocenters. The van der Waals surface area contributed by atoms with E-state index in [1.54, 1.807) is 7.11 Å². The van der Waals surface area contributed by atoms with E-state index in [1.165, 1.54) is 6.26 Å². The standard InChI is InChI=1S/C11H26N2O3S/c1-11(10-12-6-5-8-16-3)13(2)7-9-17(4,14)15/h11-12H,5-10H2,1-4H3. The predicted molar refractivity (Wildman–Crippen MR) is 71.2 cm³/mol. The van der Waals surface area contributed by atoms with E-state index in [-0.39, 0.29) is 5.75 Å². The molecular formula is C11H26N2O3S. The number of hydrogen-bond donors (Lipinski definition) is 1. The number of likely N-dealkylation sites (N-methyl/N-ethyl adjacent to an activating group) is 1. The SMILES string of the molecule is COCCCNCC(C)N(C)CCS(C)(=O)=O. The molecule has 17 heavy (non-hydrogen) atoms. The summed E-state index contributed by atoms with van der Waals surface area (Å²) >= 11 is 0. The summed E-state index contributed by atoms with van der Waals surface area (Å²) in [6, 6.07) is 0.333. The molecule has 1 atom stereocenters. The Hall–Kier alpha value is -0.170. The Morgan fingerprint density at radius 3 is 2.59 bits per heavy atom. The van der Waals surface area contributed by atoms with Crippen LogP contribution in [0.1, 0.15) is 13.3 Å². The lowest BCUT2D eigenvalue weighted by atomic mass is 10.3. The molecule has 0 aliphatic heterocycles. The van der Waals surface area contributed by atoms with Gasteiger partial charge in [0.05, 0.1) is 5.75 Å². The first-order valence-electron chi connectivity index (χ1n) is 5.94. The van der Waals surface area contributed by atoms with Gasteiger partial charge in [-0.3, -0.25) is 0 Å². The number of ether oxygens (including phenoxy) is 1. The van der Waals surface area contributed by atoms with Crippen LogP contribution in [0.3, 0.4) is 0 Å². The number of nitrogens with zero attached hydrogens (tertiary/aromatic N) is 1. The zero-order valence-electron chi connectivity index (χ0n) is 11.4. The molecule has 6 heteroatoms. The Kier molecular flexibility index (Phi) is 8.77. The van der Waals surface area contributed by atoms with Crippen LogP contribution in [0.25, 0.3) is 0 Å². The summed E-state index contributed by atoms with van der Waals surface area (Å²) in [5, 5.41) is 3.33. The van der Waals surface area contributed by atoms with Gasteiger partial charge in [-0.25, -0.2) is 8.42 Å². The van der Waals surface area contributed by atoms with Gasteiger partial charge in [-0.2, -0.15) is 0 Å². The first kappa shape index (κ1) is 16.8. The van der Waals surface area contributed by atoms with Crippen molar-refractivity contribution >= 4 is 9.84 Å². The number of hydrogen-bond acceptors (Lipinski definition) is 5. The van der Waals surface area contributed by atoms with Crippen LogP contribution < -0.4 is 5.32 Å². The third-order valence-corrected chi connectivity index (χ3v) is 3.63. The maximum atomic E-state index is 11.0. The Bertz CT molecular complexity index is 280. The second-order valence-electron chi connectivity index (χ2n) is 4.51. The van der Waals surface area contributed by atoms with Crippen LogP contribution in [0.15, 0.2) is 0 Å². The smallest absolute Gasteiger partial charge is 0.148 e. The van der Waals surface area contributed by atoms with Gasteiger partial charge in [-0.15, -0.1) is 0 Å². The van der Waals surface area contributed by atoms with Crippen molar-refractivity contribution in [3.8, 4) is 0 Å².